The molecule has 1 rings (SSSR count). The Kier molecular flexibility index (Phi) is 8.77. The molecule has 0 amide bonds. The Morgan fingerprint density at radius 3 is 2.00 bits per heavy atom. The molecule has 0 radical (unpaired) electrons. The number of piperazine rings is 1. The van der Waals surface area contributed by atoms with E-state index in [1.54, 1.807) is 0 Å². The van der Waals surface area contributed by atoms with Gasteiger partial charge in [0.15, 0.2) is 0 Å². The SMILES string of the molecule is OCCCCCCCCCN1CCNCC1. The van der Waals surface area contributed by atoms with Crippen LogP contribution >= 0.6 is 0 Å². The van der Waals surface area contributed by atoms with E-state index in [0.29, 0.717) is 6.61 Å². The lowest BCUT2D eigenvalue weighted by Gasteiger charge is -2.27. The zero-order valence-corrected chi connectivity index (χ0v) is 10.6. The highest BCUT2D eigenvalue weighted by atomic mass is 16.2. The third-order valence-electron chi connectivity index (χ3n) is 3.34. The van der Waals surface area contributed by atoms with E-state index in [-0.39, 0.29) is 0 Å². The van der Waals surface area contributed by atoms with Gasteiger partial charge in [-0.05, 0) is 19.4 Å². The summed E-state index contributed by atoms with van der Waals surface area (Å²) in [7, 11) is 0. The first-order valence-electron chi connectivity index (χ1n) is 6.97. The van der Waals surface area contributed by atoms with Crippen molar-refractivity contribution in [3.63, 3.8) is 0 Å². The first-order valence-corrected chi connectivity index (χ1v) is 6.97. The fourth-order valence-corrected chi connectivity index (χ4v) is 2.27. The second-order valence-electron chi connectivity index (χ2n) is 4.79. The van der Waals surface area contributed by atoms with E-state index in [4.69, 9.17) is 5.11 Å². The Labute approximate surface area is 100 Å². The molecule has 1 saturated heterocycles. The van der Waals surface area contributed by atoms with Gasteiger partial charge >= 0.3 is 0 Å². The number of rotatable bonds is 9. The highest BCUT2D eigenvalue weighted by Gasteiger charge is 2.07. The molecule has 3 nitrogen and oxygen atoms in total. The number of aliphatic hydroxyl groups excluding tert-OH is 1. The van der Waals surface area contributed by atoms with Gasteiger partial charge in [-0.15, -0.1) is 0 Å². The van der Waals surface area contributed by atoms with Crippen LogP contribution in [0.25, 0.3) is 0 Å². The molecule has 2 N–H and O–H groups in total. The van der Waals surface area contributed by atoms with Crippen molar-refractivity contribution in [2.45, 2.75) is 44.9 Å². The molecule has 16 heavy (non-hydrogen) atoms. The number of aliphatic hydroxyl groups is 1. The van der Waals surface area contributed by atoms with Crippen molar-refractivity contribution < 1.29 is 5.11 Å². The number of unbranched alkanes of at least 4 members (excludes halogenated alkanes) is 6. The summed E-state index contributed by atoms with van der Waals surface area (Å²) in [6.45, 7) is 6.45. The smallest absolute Gasteiger partial charge is 0.0431 e. The van der Waals surface area contributed by atoms with E-state index in [9.17, 15) is 0 Å². The van der Waals surface area contributed by atoms with Crippen LogP contribution in [0.2, 0.25) is 0 Å². The fourth-order valence-electron chi connectivity index (χ4n) is 2.27. The molecule has 1 fully saturated rings. The maximum Gasteiger partial charge on any atom is 0.0431 e. The highest BCUT2D eigenvalue weighted by molar-refractivity contribution is 4.67. The lowest BCUT2D eigenvalue weighted by Crippen LogP contribution is -2.43. The monoisotopic (exact) mass is 228 g/mol. The molecule has 1 heterocycles. The van der Waals surface area contributed by atoms with Crippen LogP contribution in [-0.2, 0) is 0 Å². The second-order valence-corrected chi connectivity index (χ2v) is 4.79. The maximum absolute atomic E-state index is 8.64. The van der Waals surface area contributed by atoms with Gasteiger partial charge in [0.05, 0.1) is 0 Å². The molecule has 0 aliphatic carbocycles. The van der Waals surface area contributed by atoms with Crippen LogP contribution in [0.15, 0.2) is 0 Å². The Balaban J connectivity index is 1.77. The van der Waals surface area contributed by atoms with Gasteiger partial charge in [0.25, 0.3) is 0 Å². The zero-order chi connectivity index (χ0) is 11.5. The third-order valence-corrected chi connectivity index (χ3v) is 3.34. The van der Waals surface area contributed by atoms with E-state index in [2.05, 4.69) is 10.2 Å². The first kappa shape index (κ1) is 13.9. The van der Waals surface area contributed by atoms with Gasteiger partial charge < -0.3 is 15.3 Å². The summed E-state index contributed by atoms with van der Waals surface area (Å²) < 4.78 is 0. The number of hydrogen-bond acceptors (Lipinski definition) is 3. The normalized spacial score (nSPS) is 17.8. The Bertz CT molecular complexity index is 147. The van der Waals surface area contributed by atoms with Crippen molar-refractivity contribution in [3.05, 3.63) is 0 Å². The molecule has 0 bridgehead atoms. The van der Waals surface area contributed by atoms with Gasteiger partial charge in [-0.2, -0.15) is 0 Å². The Hall–Kier alpha value is -0.120. The van der Waals surface area contributed by atoms with Crippen LogP contribution in [-0.4, -0.2) is 49.3 Å². The summed E-state index contributed by atoms with van der Waals surface area (Å²) in [5, 5.41) is 12.0. The molecule has 1 aliphatic rings. The number of hydrogen-bond donors (Lipinski definition) is 2. The highest BCUT2D eigenvalue weighted by Crippen LogP contribution is 2.07. The summed E-state index contributed by atoms with van der Waals surface area (Å²) in [5.74, 6) is 0. The Morgan fingerprint density at radius 2 is 1.38 bits per heavy atom. The summed E-state index contributed by atoms with van der Waals surface area (Å²) >= 11 is 0. The summed E-state index contributed by atoms with van der Waals surface area (Å²) in [4.78, 5) is 2.57. The van der Waals surface area contributed by atoms with Crippen molar-refractivity contribution in [1.29, 1.82) is 0 Å². The summed E-state index contributed by atoms with van der Waals surface area (Å²) in [5.41, 5.74) is 0. The van der Waals surface area contributed by atoms with Crippen LogP contribution < -0.4 is 5.32 Å². The molecule has 0 unspecified atom stereocenters. The zero-order valence-electron chi connectivity index (χ0n) is 10.6. The summed E-state index contributed by atoms with van der Waals surface area (Å²) in [6, 6.07) is 0. The third kappa shape index (κ3) is 7.20. The molecule has 0 aromatic heterocycles. The molecular weight excluding hydrogens is 200 g/mol. The minimum absolute atomic E-state index is 0.364. The molecule has 3 heteroatoms. The van der Waals surface area contributed by atoms with Crippen LogP contribution in [0.1, 0.15) is 44.9 Å². The number of nitrogens with zero attached hydrogens (tertiary/aromatic N) is 1. The molecule has 96 valence electrons. The maximum atomic E-state index is 8.64. The molecule has 0 aromatic carbocycles. The predicted octanol–water partition coefficient (Wildman–Crippen LogP) is 1.61. The average Bonchev–Trinajstić information content (AvgIpc) is 2.34. The minimum atomic E-state index is 0.364. The first-order chi connectivity index (χ1) is 7.93. The van der Waals surface area contributed by atoms with Crippen LogP contribution in [0.5, 0.6) is 0 Å². The van der Waals surface area contributed by atoms with Gasteiger partial charge in [-0.25, -0.2) is 0 Å². The van der Waals surface area contributed by atoms with E-state index in [1.165, 1.54) is 71.2 Å². The van der Waals surface area contributed by atoms with Crippen LogP contribution in [0, 0.1) is 0 Å². The van der Waals surface area contributed by atoms with Gasteiger partial charge in [0.2, 0.25) is 0 Å². The topological polar surface area (TPSA) is 35.5 Å². The van der Waals surface area contributed by atoms with Crippen LogP contribution in [0.3, 0.4) is 0 Å². The summed E-state index contributed by atoms with van der Waals surface area (Å²) in [6.07, 6.45) is 8.95. The van der Waals surface area contributed by atoms with Crippen molar-refractivity contribution in [1.82, 2.24) is 10.2 Å². The number of nitrogens with one attached hydrogen (secondary N) is 1. The predicted molar refractivity (Wildman–Crippen MR) is 68.7 cm³/mol. The fraction of sp³-hybridized carbons (Fsp3) is 1.00. The van der Waals surface area contributed by atoms with E-state index in [1.807, 2.05) is 0 Å². The molecule has 0 aromatic rings. The second kappa shape index (κ2) is 10.1. The van der Waals surface area contributed by atoms with Crippen molar-refractivity contribution >= 4 is 0 Å². The van der Waals surface area contributed by atoms with Gasteiger partial charge in [0, 0.05) is 32.8 Å². The molecule has 1 aliphatic heterocycles. The lowest BCUT2D eigenvalue weighted by atomic mass is 10.1. The Morgan fingerprint density at radius 1 is 0.812 bits per heavy atom. The average molecular weight is 228 g/mol. The van der Waals surface area contributed by atoms with Crippen molar-refractivity contribution in [2.24, 2.45) is 0 Å². The van der Waals surface area contributed by atoms with Crippen LogP contribution in [0.4, 0.5) is 0 Å². The minimum Gasteiger partial charge on any atom is -0.396 e. The van der Waals surface area contributed by atoms with Crippen molar-refractivity contribution in [3.8, 4) is 0 Å². The van der Waals surface area contributed by atoms with Crippen molar-refractivity contribution in [2.75, 3.05) is 39.3 Å². The van der Waals surface area contributed by atoms with E-state index in [0.717, 1.165) is 6.42 Å². The molecular formula is C13H28N2O. The lowest BCUT2D eigenvalue weighted by molar-refractivity contribution is 0.235. The standard InChI is InChI=1S/C13H28N2O/c16-13-7-5-3-1-2-4-6-10-15-11-8-14-9-12-15/h14,16H,1-13H2. The molecule has 0 saturated carbocycles. The van der Waals surface area contributed by atoms with E-state index >= 15 is 0 Å². The van der Waals surface area contributed by atoms with Gasteiger partial charge in [-0.1, -0.05) is 32.1 Å². The largest absolute Gasteiger partial charge is 0.396 e. The van der Waals surface area contributed by atoms with E-state index < -0.39 is 0 Å². The van der Waals surface area contributed by atoms with Gasteiger partial charge in [0.1, 0.15) is 0 Å². The quantitative estimate of drug-likeness (QED) is 0.589. The molecule has 0 atom stereocenters. The van der Waals surface area contributed by atoms with Gasteiger partial charge in [-0.3, -0.25) is 0 Å². The molecule has 0 spiro atoms.